The SMILES string of the molecule is CN1Cc2c(C#N)cc(Cl)cc2C(c2cccc(S(=O)(=O)N[C@H]3CCN(C(=O)CCCNC(=O)NCCCCNC(=O)NCCCC(=O)N4CC[C@H](NS(=O)(=O)c5cccc(C6CN(C)Cc7c(C#N)cc(Cl)cc76)c5)C4)C3)c2)C1. The van der Waals surface area contributed by atoms with Crippen molar-refractivity contribution in [2.24, 2.45) is 0 Å². The molecule has 2 saturated heterocycles. The normalized spacial score (nSPS) is 19.3. The standard InChI is InChI=1S/C56H68Cl2N12O8S2/c1-67-33-49(47-27-41(57)23-39(29-59)51(47)35-67)37-9-5-11-45(25-37)79(75,76)65-43-15-21-69(31-43)53(71)13-7-19-63-55(73)61-17-3-4-18-62-56(74)64-20-8-14-54(72)70-22-16-44(32-70)66-80(77,78)46-12-6-10-38(26-46)50-34-68(2)36-52-40(30-60)24-42(58)28-48(50)52/h5-6,9-12,23-28,43-44,49-50,65-66H,3-4,7-8,13-22,31-36H2,1-2H3,(H2,61,63,73)(H2,62,64,74)/t43-,44-,49?,50?/m0/s1. The molecule has 2 fully saturated rings. The molecule has 8 rings (SSSR count). The smallest absolute Gasteiger partial charge is 0.314 e. The number of benzene rings is 4. The van der Waals surface area contributed by atoms with Crippen LogP contribution in [0.5, 0.6) is 0 Å². The summed E-state index contributed by atoms with van der Waals surface area (Å²) in [6.45, 7) is 4.97. The average molecular weight is 1170 g/mol. The highest BCUT2D eigenvalue weighted by atomic mass is 35.5. The number of carbonyl (C=O) groups is 4. The van der Waals surface area contributed by atoms with Gasteiger partial charge >= 0.3 is 12.1 Å². The summed E-state index contributed by atoms with van der Waals surface area (Å²) in [5.41, 5.74) is 6.17. The second kappa shape index (κ2) is 27.0. The van der Waals surface area contributed by atoms with Crippen molar-refractivity contribution in [2.45, 2.75) is 98.2 Å². The number of rotatable bonds is 21. The van der Waals surface area contributed by atoms with Crippen molar-refractivity contribution in [3.63, 3.8) is 0 Å². The van der Waals surface area contributed by atoms with Gasteiger partial charge in [-0.05, 0) is 135 Å². The van der Waals surface area contributed by atoms with Crippen LogP contribution in [0.4, 0.5) is 9.59 Å². The first kappa shape index (κ1) is 59.8. The van der Waals surface area contributed by atoms with E-state index in [0.29, 0.717) is 112 Å². The fraction of sp³-hybridized carbons (Fsp3) is 0.464. The summed E-state index contributed by atoms with van der Waals surface area (Å²) in [7, 11) is -3.94. The van der Waals surface area contributed by atoms with Gasteiger partial charge in [0.1, 0.15) is 0 Å². The zero-order chi connectivity index (χ0) is 57.1. The van der Waals surface area contributed by atoms with Crippen LogP contribution in [0, 0.1) is 22.7 Å². The Kier molecular flexibility index (Phi) is 20.1. The minimum absolute atomic E-state index is 0.115. The fourth-order valence-corrected chi connectivity index (χ4v) is 14.2. The Morgan fingerprint density at radius 3 is 1.34 bits per heavy atom. The molecule has 0 aromatic heterocycles. The molecule has 0 radical (unpaired) electrons. The van der Waals surface area contributed by atoms with Gasteiger partial charge in [-0.3, -0.25) is 9.59 Å². The second-order valence-electron chi connectivity index (χ2n) is 21.1. The summed E-state index contributed by atoms with van der Waals surface area (Å²) in [4.78, 5) is 58.5. The Morgan fingerprint density at radius 2 is 0.950 bits per heavy atom. The molecule has 20 nitrogen and oxygen atoms in total. The van der Waals surface area contributed by atoms with Crippen LogP contribution in [0.1, 0.15) is 108 Å². The van der Waals surface area contributed by atoms with Crippen molar-refractivity contribution in [1.82, 2.24) is 50.3 Å². The number of hydrogen-bond donors (Lipinski definition) is 6. The number of unbranched alkanes of at least 4 members (excludes halogenated alkanes) is 1. The van der Waals surface area contributed by atoms with Crippen LogP contribution in [0.2, 0.25) is 10.0 Å². The molecule has 4 aromatic carbocycles. The molecule has 2 unspecified atom stereocenters. The van der Waals surface area contributed by atoms with Gasteiger partial charge in [-0.15, -0.1) is 0 Å². The molecule has 4 heterocycles. The van der Waals surface area contributed by atoms with Crippen molar-refractivity contribution in [3.8, 4) is 12.1 Å². The molecule has 6 amide bonds. The average Bonchev–Trinajstić information content (AvgIpc) is 4.11. The van der Waals surface area contributed by atoms with Gasteiger partial charge in [-0.1, -0.05) is 47.5 Å². The van der Waals surface area contributed by atoms with Crippen molar-refractivity contribution >= 4 is 67.1 Å². The second-order valence-corrected chi connectivity index (χ2v) is 25.4. The van der Waals surface area contributed by atoms with E-state index in [2.05, 4.69) is 52.6 Å². The van der Waals surface area contributed by atoms with E-state index in [-0.39, 0.29) is 84.5 Å². The largest absolute Gasteiger partial charge is 0.341 e. The quantitative estimate of drug-likeness (QED) is 0.0582. The Labute approximate surface area is 478 Å². The van der Waals surface area contributed by atoms with E-state index in [4.69, 9.17) is 23.2 Å². The Balaban J connectivity index is 0.650. The van der Waals surface area contributed by atoms with Crippen LogP contribution in [-0.4, -0.2) is 152 Å². The molecule has 4 aliphatic rings. The molecule has 24 heteroatoms. The number of fused-ring (bicyclic) bond motifs is 2. The van der Waals surface area contributed by atoms with Crippen LogP contribution in [0.3, 0.4) is 0 Å². The summed E-state index contributed by atoms with van der Waals surface area (Å²) in [5, 5.41) is 31.4. The van der Waals surface area contributed by atoms with E-state index in [1.54, 1.807) is 58.3 Å². The molecular formula is C56H68Cl2N12O8S2. The number of likely N-dealkylation sites (N-methyl/N-ethyl adjacent to an activating group) is 2. The Morgan fingerprint density at radius 1 is 0.562 bits per heavy atom. The molecule has 0 saturated carbocycles. The summed E-state index contributed by atoms with van der Waals surface area (Å²) < 4.78 is 60.0. The van der Waals surface area contributed by atoms with Crippen molar-refractivity contribution in [2.75, 3.05) is 79.5 Å². The highest BCUT2D eigenvalue weighted by Crippen LogP contribution is 2.39. The summed E-state index contributed by atoms with van der Waals surface area (Å²) >= 11 is 12.8. The molecule has 80 heavy (non-hydrogen) atoms. The van der Waals surface area contributed by atoms with Gasteiger partial charge in [0.15, 0.2) is 0 Å². The van der Waals surface area contributed by atoms with E-state index < -0.39 is 32.1 Å². The van der Waals surface area contributed by atoms with Crippen LogP contribution >= 0.6 is 23.2 Å². The maximum absolute atomic E-state index is 13.6. The number of carbonyl (C=O) groups excluding carboxylic acids is 4. The van der Waals surface area contributed by atoms with Crippen molar-refractivity contribution < 1.29 is 36.0 Å². The topological polar surface area (TPSA) is 269 Å². The third-order valence-corrected chi connectivity index (χ3v) is 18.6. The Bertz CT molecular complexity index is 3070. The number of hydrogen-bond acceptors (Lipinski definition) is 12. The van der Waals surface area contributed by atoms with Gasteiger partial charge < -0.3 is 40.9 Å². The highest BCUT2D eigenvalue weighted by Gasteiger charge is 2.34. The first-order valence-electron chi connectivity index (χ1n) is 27.0. The number of urea groups is 2. The van der Waals surface area contributed by atoms with Crippen LogP contribution in [0.25, 0.3) is 0 Å². The van der Waals surface area contributed by atoms with Crippen LogP contribution in [-0.2, 0) is 42.7 Å². The summed E-state index contributed by atoms with van der Waals surface area (Å²) in [6, 6.07) is 23.4. The lowest BCUT2D eigenvalue weighted by molar-refractivity contribution is -0.131. The number of likely N-dealkylation sites (tertiary alicyclic amines) is 2. The lowest BCUT2D eigenvalue weighted by Gasteiger charge is -2.33. The maximum Gasteiger partial charge on any atom is 0.314 e. The molecule has 4 atom stereocenters. The zero-order valence-electron chi connectivity index (χ0n) is 44.9. The van der Waals surface area contributed by atoms with Crippen molar-refractivity contribution in [3.05, 3.63) is 127 Å². The molecule has 6 N–H and O–H groups in total. The molecule has 426 valence electrons. The molecule has 0 aliphatic carbocycles. The number of nitrogens with zero attached hydrogens (tertiary/aromatic N) is 6. The fourth-order valence-electron chi connectivity index (χ4n) is 11.1. The Hall–Kier alpha value is -6.34. The number of amides is 6. The van der Waals surface area contributed by atoms with E-state index in [1.807, 2.05) is 38.4 Å². The molecular weight excluding hydrogens is 1100 g/mol. The number of nitriles is 2. The van der Waals surface area contributed by atoms with Gasteiger partial charge in [-0.2, -0.15) is 10.5 Å². The van der Waals surface area contributed by atoms with E-state index in [9.17, 15) is 46.5 Å². The summed E-state index contributed by atoms with van der Waals surface area (Å²) in [6.07, 6.45) is 3.30. The zero-order valence-corrected chi connectivity index (χ0v) is 48.0. The number of halogens is 2. The first-order valence-corrected chi connectivity index (χ1v) is 30.7. The van der Waals surface area contributed by atoms with E-state index in [0.717, 1.165) is 33.4 Å². The first-order chi connectivity index (χ1) is 38.3. The van der Waals surface area contributed by atoms with E-state index >= 15 is 0 Å². The molecule has 4 aromatic rings. The van der Waals surface area contributed by atoms with Gasteiger partial charge in [0.2, 0.25) is 31.9 Å². The monoisotopic (exact) mass is 1170 g/mol. The molecule has 0 spiro atoms. The lowest BCUT2D eigenvalue weighted by Crippen LogP contribution is -2.39. The van der Waals surface area contributed by atoms with Gasteiger partial charge in [0.25, 0.3) is 0 Å². The van der Waals surface area contributed by atoms with Gasteiger partial charge in [0.05, 0.1) is 33.1 Å². The van der Waals surface area contributed by atoms with Gasteiger partial charge in [0, 0.05) is 125 Å². The molecule has 4 aliphatic heterocycles. The third-order valence-electron chi connectivity index (χ3n) is 15.1. The predicted molar refractivity (Wildman–Crippen MR) is 303 cm³/mol. The predicted octanol–water partition coefficient (Wildman–Crippen LogP) is 5.29. The minimum atomic E-state index is -3.93. The van der Waals surface area contributed by atoms with Gasteiger partial charge in [-0.25, -0.2) is 35.9 Å². The maximum atomic E-state index is 13.6. The third kappa shape index (κ3) is 15.4. The van der Waals surface area contributed by atoms with Crippen LogP contribution < -0.4 is 30.7 Å². The minimum Gasteiger partial charge on any atom is -0.341 e. The van der Waals surface area contributed by atoms with E-state index in [1.165, 1.54) is 0 Å². The highest BCUT2D eigenvalue weighted by molar-refractivity contribution is 7.89. The molecule has 0 bridgehead atoms. The summed E-state index contributed by atoms with van der Waals surface area (Å²) in [5.74, 6) is -0.634. The van der Waals surface area contributed by atoms with Crippen molar-refractivity contribution in [1.29, 1.82) is 10.5 Å². The number of sulfonamides is 2. The lowest BCUT2D eigenvalue weighted by atomic mass is 9.83. The number of nitrogens with one attached hydrogen (secondary N) is 6. The van der Waals surface area contributed by atoms with Crippen LogP contribution in [0.15, 0.2) is 82.6 Å².